The van der Waals surface area contributed by atoms with Crippen LogP contribution in [-0.2, 0) is 4.79 Å². The minimum Gasteiger partial charge on any atom is -0.493 e. The first-order valence-electron chi connectivity index (χ1n) is 10.7. The van der Waals surface area contributed by atoms with Crippen LogP contribution in [0.4, 0.5) is 5.69 Å². The number of anilines is 1. The summed E-state index contributed by atoms with van der Waals surface area (Å²) in [6, 6.07) is 14.3. The summed E-state index contributed by atoms with van der Waals surface area (Å²) in [4.78, 5) is 15.4. The summed E-state index contributed by atoms with van der Waals surface area (Å²) in [7, 11) is 0. The Labute approximate surface area is 174 Å². The second-order valence-corrected chi connectivity index (χ2v) is 8.24. The molecule has 5 heteroatoms. The third-order valence-corrected chi connectivity index (χ3v) is 5.89. The molecule has 0 radical (unpaired) electrons. The molecule has 0 aliphatic carbocycles. The Bertz CT molecular complexity index is 814. The van der Waals surface area contributed by atoms with Crippen LogP contribution in [0.1, 0.15) is 23.1 Å². The van der Waals surface area contributed by atoms with E-state index in [9.17, 15) is 4.79 Å². The molecule has 1 heterocycles. The first-order valence-corrected chi connectivity index (χ1v) is 10.7. The number of aryl methyl sites for hydroxylation is 2. The molecular weight excluding hydrogens is 362 g/mol. The molecule has 1 saturated heterocycles. The van der Waals surface area contributed by atoms with Crippen molar-refractivity contribution in [2.45, 2.75) is 27.2 Å². The van der Waals surface area contributed by atoms with E-state index < -0.39 is 0 Å². The monoisotopic (exact) mass is 397 g/mol. The maximum atomic E-state index is 12.4. The molecule has 1 amide bonds. The van der Waals surface area contributed by atoms with Crippen LogP contribution >= 0.6 is 0 Å². The minimum absolute atomic E-state index is 0.115. The zero-order valence-corrected chi connectivity index (χ0v) is 18.0. The van der Waals surface area contributed by atoms with Crippen LogP contribution in [0.25, 0.3) is 0 Å². The number of benzene rings is 2. The number of hydrogen-bond donors (Lipinski definition) is 3. The number of amides is 1. The lowest BCUT2D eigenvalue weighted by molar-refractivity contribution is -1.01. The number of piperazine rings is 1. The highest BCUT2D eigenvalue weighted by Gasteiger charge is 2.24. The molecule has 2 aromatic carbocycles. The molecule has 0 atom stereocenters. The first kappa shape index (κ1) is 21.3. The van der Waals surface area contributed by atoms with Gasteiger partial charge in [-0.15, -0.1) is 0 Å². The number of carbonyl (C=O) groups excluding carboxylic acids is 1. The summed E-state index contributed by atoms with van der Waals surface area (Å²) in [5.74, 6) is 1.08. The summed E-state index contributed by atoms with van der Waals surface area (Å²) >= 11 is 0. The molecule has 156 valence electrons. The summed E-state index contributed by atoms with van der Waals surface area (Å²) in [5.41, 5.74) is 4.53. The van der Waals surface area contributed by atoms with Crippen LogP contribution in [0.2, 0.25) is 0 Å². The molecule has 29 heavy (non-hydrogen) atoms. The lowest BCUT2D eigenvalue weighted by atomic mass is 10.1. The van der Waals surface area contributed by atoms with Gasteiger partial charge in [0, 0.05) is 12.1 Å². The van der Waals surface area contributed by atoms with E-state index in [1.807, 2.05) is 24.3 Å². The minimum atomic E-state index is 0.115. The molecule has 1 aliphatic heterocycles. The molecule has 0 spiro atoms. The number of nitrogens with one attached hydrogen (secondary N) is 3. The van der Waals surface area contributed by atoms with Crippen LogP contribution in [-0.4, -0.2) is 51.8 Å². The Hall–Kier alpha value is -2.37. The average Bonchev–Trinajstić information content (AvgIpc) is 2.70. The van der Waals surface area contributed by atoms with Gasteiger partial charge < -0.3 is 19.9 Å². The van der Waals surface area contributed by atoms with E-state index in [2.05, 4.69) is 44.3 Å². The fraction of sp³-hybridized carbons (Fsp3) is 0.458. The SMILES string of the molecule is Cc1cccc(OCCC[NH+]2CC[NH+](CC(=O)Nc3cccc(C)c3C)CC2)c1. The number of ether oxygens (including phenoxy) is 1. The average molecular weight is 398 g/mol. The molecule has 1 aliphatic rings. The van der Waals surface area contributed by atoms with E-state index in [4.69, 9.17) is 4.74 Å². The van der Waals surface area contributed by atoms with Gasteiger partial charge in [0.25, 0.3) is 5.91 Å². The highest BCUT2D eigenvalue weighted by molar-refractivity contribution is 5.92. The summed E-state index contributed by atoms with van der Waals surface area (Å²) < 4.78 is 5.85. The van der Waals surface area contributed by atoms with Gasteiger partial charge in [-0.1, -0.05) is 24.3 Å². The van der Waals surface area contributed by atoms with Crippen molar-refractivity contribution in [1.29, 1.82) is 0 Å². The molecule has 5 nitrogen and oxygen atoms in total. The second-order valence-electron chi connectivity index (χ2n) is 8.24. The summed E-state index contributed by atoms with van der Waals surface area (Å²) in [6.45, 7) is 13.0. The zero-order chi connectivity index (χ0) is 20.6. The van der Waals surface area contributed by atoms with Crippen molar-refractivity contribution in [3.05, 3.63) is 59.2 Å². The third kappa shape index (κ3) is 6.58. The summed E-state index contributed by atoms with van der Waals surface area (Å²) in [5, 5.41) is 3.09. The molecule has 0 saturated carbocycles. The first-order chi connectivity index (χ1) is 14.0. The number of quaternary nitrogens is 2. The number of rotatable bonds is 8. The van der Waals surface area contributed by atoms with Gasteiger partial charge in [0.2, 0.25) is 0 Å². The molecule has 3 rings (SSSR count). The second kappa shape index (κ2) is 10.4. The van der Waals surface area contributed by atoms with Crippen molar-refractivity contribution in [3.63, 3.8) is 0 Å². The van der Waals surface area contributed by atoms with E-state index in [1.165, 1.54) is 16.0 Å². The normalized spacial score (nSPS) is 19.0. The van der Waals surface area contributed by atoms with Crippen molar-refractivity contribution in [1.82, 2.24) is 0 Å². The van der Waals surface area contributed by atoms with Gasteiger partial charge in [-0.2, -0.15) is 0 Å². The molecule has 3 N–H and O–H groups in total. The van der Waals surface area contributed by atoms with E-state index in [-0.39, 0.29) is 5.91 Å². The Morgan fingerprint density at radius 3 is 2.48 bits per heavy atom. The molecule has 2 aromatic rings. The van der Waals surface area contributed by atoms with Crippen LogP contribution in [0.5, 0.6) is 5.75 Å². The zero-order valence-electron chi connectivity index (χ0n) is 18.0. The van der Waals surface area contributed by atoms with Gasteiger partial charge in [0.15, 0.2) is 6.54 Å². The molecule has 0 unspecified atom stereocenters. The lowest BCUT2D eigenvalue weighted by Crippen LogP contribution is -3.28. The van der Waals surface area contributed by atoms with Crippen molar-refractivity contribution < 1.29 is 19.3 Å². The smallest absolute Gasteiger partial charge is 0.279 e. The van der Waals surface area contributed by atoms with Gasteiger partial charge in [0.1, 0.15) is 31.9 Å². The number of carbonyl (C=O) groups is 1. The fourth-order valence-corrected chi connectivity index (χ4v) is 3.91. The largest absolute Gasteiger partial charge is 0.493 e. The highest BCUT2D eigenvalue weighted by Crippen LogP contribution is 2.17. The van der Waals surface area contributed by atoms with Crippen molar-refractivity contribution >= 4 is 11.6 Å². The highest BCUT2D eigenvalue weighted by atomic mass is 16.5. The number of hydrogen-bond acceptors (Lipinski definition) is 2. The Morgan fingerprint density at radius 1 is 1.00 bits per heavy atom. The lowest BCUT2D eigenvalue weighted by Gasteiger charge is -2.29. The summed E-state index contributed by atoms with van der Waals surface area (Å²) in [6.07, 6.45) is 1.06. The van der Waals surface area contributed by atoms with Crippen molar-refractivity contribution in [3.8, 4) is 5.75 Å². The topological polar surface area (TPSA) is 47.2 Å². The Morgan fingerprint density at radius 2 is 1.72 bits per heavy atom. The Kier molecular flexibility index (Phi) is 7.67. The molecular formula is C24H35N3O2+2. The van der Waals surface area contributed by atoms with Crippen LogP contribution in [0.15, 0.2) is 42.5 Å². The van der Waals surface area contributed by atoms with Crippen molar-refractivity contribution in [2.75, 3.05) is 51.2 Å². The standard InChI is InChI=1S/C24H33N3O2/c1-19-7-4-9-22(17-19)29-16-6-11-26-12-14-27(15-13-26)18-24(28)25-23-10-5-8-20(2)21(23)3/h4-5,7-10,17H,6,11-16,18H2,1-3H3,(H,25,28)/p+2. The van der Waals surface area contributed by atoms with E-state index >= 15 is 0 Å². The predicted molar refractivity (Wildman–Crippen MR) is 117 cm³/mol. The molecule has 0 aromatic heterocycles. The van der Waals surface area contributed by atoms with Gasteiger partial charge in [-0.05, 0) is 55.7 Å². The molecule has 1 fully saturated rings. The van der Waals surface area contributed by atoms with Crippen LogP contribution in [0, 0.1) is 20.8 Å². The molecule has 0 bridgehead atoms. The van der Waals surface area contributed by atoms with Crippen LogP contribution in [0.3, 0.4) is 0 Å². The third-order valence-electron chi connectivity index (χ3n) is 5.89. The fourth-order valence-electron chi connectivity index (χ4n) is 3.91. The van der Waals surface area contributed by atoms with E-state index in [0.717, 1.165) is 62.8 Å². The van der Waals surface area contributed by atoms with Crippen molar-refractivity contribution in [2.24, 2.45) is 0 Å². The van der Waals surface area contributed by atoms with E-state index in [0.29, 0.717) is 6.54 Å². The quantitative estimate of drug-likeness (QED) is 0.577. The maximum absolute atomic E-state index is 12.4. The van der Waals surface area contributed by atoms with Gasteiger partial charge >= 0.3 is 0 Å². The van der Waals surface area contributed by atoms with E-state index in [1.54, 1.807) is 4.90 Å². The Balaban J connectivity index is 1.32. The van der Waals surface area contributed by atoms with Gasteiger partial charge in [-0.25, -0.2) is 0 Å². The maximum Gasteiger partial charge on any atom is 0.279 e. The van der Waals surface area contributed by atoms with Gasteiger partial charge in [0.05, 0.1) is 13.2 Å². The van der Waals surface area contributed by atoms with Crippen LogP contribution < -0.4 is 19.9 Å². The van der Waals surface area contributed by atoms with Gasteiger partial charge in [-0.3, -0.25) is 4.79 Å². The predicted octanol–water partition coefficient (Wildman–Crippen LogP) is 0.803.